The van der Waals surface area contributed by atoms with Gasteiger partial charge in [0.15, 0.2) is 0 Å². The summed E-state index contributed by atoms with van der Waals surface area (Å²) < 4.78 is 41.9. The highest BCUT2D eigenvalue weighted by atomic mass is 19.4. The lowest BCUT2D eigenvalue weighted by Gasteiger charge is -2.36. The molecule has 0 saturated carbocycles. The summed E-state index contributed by atoms with van der Waals surface area (Å²) in [4.78, 5) is 13.5. The van der Waals surface area contributed by atoms with Crippen molar-refractivity contribution in [2.24, 2.45) is 0 Å². The third kappa shape index (κ3) is 2.52. The van der Waals surface area contributed by atoms with Crippen LogP contribution in [0.4, 0.5) is 13.2 Å². The third-order valence-corrected chi connectivity index (χ3v) is 5.63. The van der Waals surface area contributed by atoms with Crippen LogP contribution < -0.4 is 0 Å². The maximum absolute atomic E-state index is 13.5. The van der Waals surface area contributed by atoms with Gasteiger partial charge in [-0.25, -0.2) is 0 Å². The van der Waals surface area contributed by atoms with Crippen LogP contribution >= 0.6 is 0 Å². The predicted molar refractivity (Wildman–Crippen MR) is 100 cm³/mol. The first-order valence-corrected chi connectivity index (χ1v) is 8.88. The standard InChI is InChI=1S/C22H20F3NO/c1-12-6-8-16-17(9-12)21(4,11-22(23,24)25)20(27)26-18-10-13(2)5-7-15(18)14(3)19(16)26/h5-10H,11H2,1-4H3/t21-/m0/s1. The lowest BCUT2D eigenvalue weighted by Crippen LogP contribution is -2.43. The Bertz CT molecular complexity index is 1110. The van der Waals surface area contributed by atoms with Gasteiger partial charge in [0.05, 0.1) is 23.0 Å². The van der Waals surface area contributed by atoms with Gasteiger partial charge in [0.1, 0.15) is 0 Å². The number of nitrogens with zero attached hydrogens (tertiary/aromatic N) is 1. The smallest absolute Gasteiger partial charge is 0.279 e. The summed E-state index contributed by atoms with van der Waals surface area (Å²) in [5.74, 6) is -0.517. The second kappa shape index (κ2) is 5.47. The Morgan fingerprint density at radius 1 is 1.00 bits per heavy atom. The first-order chi connectivity index (χ1) is 12.5. The molecule has 0 N–H and O–H groups in total. The van der Waals surface area contributed by atoms with E-state index in [1.54, 1.807) is 6.07 Å². The molecule has 140 valence electrons. The molecule has 2 nitrogen and oxygen atoms in total. The molecular formula is C22H20F3NO. The lowest BCUT2D eigenvalue weighted by atomic mass is 9.72. The second-order valence-corrected chi connectivity index (χ2v) is 7.81. The number of aryl methyl sites for hydroxylation is 3. The lowest BCUT2D eigenvalue weighted by molar-refractivity contribution is -0.144. The molecule has 0 radical (unpaired) electrons. The van der Waals surface area contributed by atoms with E-state index >= 15 is 0 Å². The highest BCUT2D eigenvalue weighted by Crippen LogP contribution is 2.49. The third-order valence-electron chi connectivity index (χ3n) is 5.63. The molecule has 0 amide bonds. The van der Waals surface area contributed by atoms with Crippen LogP contribution in [-0.4, -0.2) is 16.7 Å². The van der Waals surface area contributed by atoms with Crippen LogP contribution in [0.2, 0.25) is 0 Å². The number of hydrogen-bond donors (Lipinski definition) is 0. The number of carbonyl (C=O) groups excluding carboxylic acids is 1. The van der Waals surface area contributed by atoms with Crippen molar-refractivity contribution in [1.29, 1.82) is 0 Å². The van der Waals surface area contributed by atoms with Gasteiger partial charge in [0.2, 0.25) is 5.91 Å². The van der Waals surface area contributed by atoms with Gasteiger partial charge < -0.3 is 0 Å². The number of alkyl halides is 3. The van der Waals surface area contributed by atoms with E-state index in [1.807, 2.05) is 51.1 Å². The largest absolute Gasteiger partial charge is 0.390 e. The number of hydrogen-bond acceptors (Lipinski definition) is 1. The van der Waals surface area contributed by atoms with E-state index in [4.69, 9.17) is 0 Å². The summed E-state index contributed by atoms with van der Waals surface area (Å²) in [5.41, 5.74) is 3.60. The zero-order valence-corrected chi connectivity index (χ0v) is 15.7. The molecule has 1 aliphatic heterocycles. The number of rotatable bonds is 1. The molecular weight excluding hydrogens is 351 g/mol. The van der Waals surface area contributed by atoms with E-state index < -0.39 is 23.9 Å². The fourth-order valence-electron chi connectivity index (χ4n) is 4.35. The summed E-state index contributed by atoms with van der Waals surface area (Å²) in [6.07, 6.45) is -5.63. The fourth-order valence-corrected chi connectivity index (χ4v) is 4.35. The zero-order chi connectivity index (χ0) is 19.7. The highest BCUT2D eigenvalue weighted by Gasteiger charge is 2.50. The van der Waals surface area contributed by atoms with Crippen molar-refractivity contribution in [3.8, 4) is 11.3 Å². The summed E-state index contributed by atoms with van der Waals surface area (Å²) in [7, 11) is 0. The molecule has 2 aromatic carbocycles. The number of halogens is 3. The van der Waals surface area contributed by atoms with Crippen LogP contribution in [0.25, 0.3) is 22.2 Å². The minimum Gasteiger partial charge on any atom is -0.279 e. The van der Waals surface area contributed by atoms with Crippen molar-refractivity contribution < 1.29 is 18.0 Å². The van der Waals surface area contributed by atoms with Gasteiger partial charge in [-0.15, -0.1) is 0 Å². The average Bonchev–Trinajstić information content (AvgIpc) is 2.84. The predicted octanol–water partition coefficient (Wildman–Crippen LogP) is 6.10. The molecule has 1 aliphatic rings. The molecule has 1 atom stereocenters. The zero-order valence-electron chi connectivity index (χ0n) is 15.7. The van der Waals surface area contributed by atoms with Crippen LogP contribution in [0.5, 0.6) is 0 Å². The van der Waals surface area contributed by atoms with E-state index in [9.17, 15) is 18.0 Å². The minimum atomic E-state index is -4.45. The first-order valence-electron chi connectivity index (χ1n) is 8.88. The quantitative estimate of drug-likeness (QED) is 0.507. The van der Waals surface area contributed by atoms with Crippen molar-refractivity contribution in [2.45, 2.75) is 45.7 Å². The Hall–Kier alpha value is -2.56. The van der Waals surface area contributed by atoms with Crippen LogP contribution in [0.15, 0.2) is 36.4 Å². The summed E-state index contributed by atoms with van der Waals surface area (Å²) >= 11 is 0. The molecule has 0 spiro atoms. The Morgan fingerprint density at radius 3 is 2.30 bits per heavy atom. The Balaban J connectivity index is 2.14. The molecule has 0 unspecified atom stereocenters. The molecule has 27 heavy (non-hydrogen) atoms. The van der Waals surface area contributed by atoms with E-state index in [2.05, 4.69) is 0 Å². The van der Waals surface area contributed by atoms with Crippen molar-refractivity contribution >= 4 is 16.8 Å². The monoisotopic (exact) mass is 371 g/mol. The van der Waals surface area contributed by atoms with Gasteiger partial charge in [-0.2, -0.15) is 13.2 Å². The molecule has 0 bridgehead atoms. The van der Waals surface area contributed by atoms with Crippen LogP contribution in [0.3, 0.4) is 0 Å². The summed E-state index contributed by atoms with van der Waals surface area (Å²) in [6.45, 7) is 7.08. The Kier molecular flexibility index (Phi) is 3.61. The van der Waals surface area contributed by atoms with E-state index in [-0.39, 0.29) is 0 Å². The molecule has 4 rings (SSSR count). The van der Waals surface area contributed by atoms with Gasteiger partial charge in [-0.05, 0) is 50.5 Å². The van der Waals surface area contributed by atoms with Crippen LogP contribution in [0.1, 0.15) is 40.4 Å². The molecule has 0 saturated heterocycles. The maximum Gasteiger partial charge on any atom is 0.390 e. The van der Waals surface area contributed by atoms with E-state index in [1.165, 1.54) is 11.5 Å². The van der Waals surface area contributed by atoms with Crippen molar-refractivity contribution in [3.63, 3.8) is 0 Å². The molecule has 2 heterocycles. The normalized spacial score (nSPS) is 19.3. The number of aromatic nitrogens is 1. The highest BCUT2D eigenvalue weighted by molar-refractivity contribution is 6.08. The SMILES string of the molecule is Cc1ccc2c(c1)[C@](C)(CC(F)(F)F)C(=O)n1c-2c(C)c2ccc(C)cc21. The average molecular weight is 371 g/mol. The molecule has 3 aromatic rings. The van der Waals surface area contributed by atoms with Crippen molar-refractivity contribution in [3.05, 3.63) is 58.7 Å². The van der Waals surface area contributed by atoms with Gasteiger partial charge in [-0.3, -0.25) is 9.36 Å². The van der Waals surface area contributed by atoms with Crippen molar-refractivity contribution in [2.75, 3.05) is 0 Å². The van der Waals surface area contributed by atoms with Crippen LogP contribution in [-0.2, 0) is 5.41 Å². The topological polar surface area (TPSA) is 22.0 Å². The Morgan fingerprint density at radius 2 is 1.63 bits per heavy atom. The van der Waals surface area contributed by atoms with Gasteiger partial charge >= 0.3 is 6.18 Å². The van der Waals surface area contributed by atoms with Gasteiger partial charge in [0, 0.05) is 10.9 Å². The number of benzene rings is 2. The first kappa shape index (κ1) is 17.8. The molecule has 5 heteroatoms. The minimum absolute atomic E-state index is 0.458. The molecule has 1 aromatic heterocycles. The Labute approximate surface area is 155 Å². The summed E-state index contributed by atoms with van der Waals surface area (Å²) in [5, 5.41) is 0.895. The maximum atomic E-state index is 13.5. The second-order valence-electron chi connectivity index (χ2n) is 7.81. The number of fused-ring (bicyclic) bond motifs is 5. The molecule has 0 aliphatic carbocycles. The van der Waals surface area contributed by atoms with Gasteiger partial charge in [0.25, 0.3) is 0 Å². The summed E-state index contributed by atoms with van der Waals surface area (Å²) in [6, 6.07) is 11.2. The van der Waals surface area contributed by atoms with Gasteiger partial charge in [-0.1, -0.05) is 35.9 Å². The van der Waals surface area contributed by atoms with Crippen molar-refractivity contribution in [1.82, 2.24) is 4.57 Å². The van der Waals surface area contributed by atoms with E-state index in [0.717, 1.165) is 22.1 Å². The molecule has 0 fully saturated rings. The number of carbonyl (C=O) groups is 1. The van der Waals surface area contributed by atoms with E-state index in [0.29, 0.717) is 22.3 Å². The van der Waals surface area contributed by atoms with Crippen LogP contribution in [0, 0.1) is 20.8 Å². The fraction of sp³-hybridized carbons (Fsp3) is 0.318.